The molecule has 2 aromatic rings. The van der Waals surface area contributed by atoms with Crippen LogP contribution in [-0.2, 0) is 6.54 Å². The molecule has 27 heavy (non-hydrogen) atoms. The Morgan fingerprint density at radius 2 is 2.00 bits per heavy atom. The van der Waals surface area contributed by atoms with Crippen LogP contribution in [-0.4, -0.2) is 35.7 Å². The maximum atomic E-state index is 14.3. The third-order valence-electron chi connectivity index (χ3n) is 5.82. The molecule has 4 nitrogen and oxygen atoms in total. The Hall–Kier alpha value is -2.02. The number of benzene rings is 2. The van der Waals surface area contributed by atoms with Gasteiger partial charge in [0.1, 0.15) is 17.4 Å². The number of hydrazine groups is 1. The van der Waals surface area contributed by atoms with Crippen molar-refractivity contribution < 1.29 is 13.9 Å². The zero-order valence-corrected chi connectivity index (χ0v) is 15.2. The van der Waals surface area contributed by atoms with Gasteiger partial charge in [-0.05, 0) is 43.0 Å². The molecule has 2 heterocycles. The molecule has 0 aromatic heterocycles. The molecule has 2 aliphatic heterocycles. The van der Waals surface area contributed by atoms with Gasteiger partial charge in [0.15, 0.2) is 0 Å². The maximum absolute atomic E-state index is 14.3. The largest absolute Gasteiger partial charge is 0.508 e. The summed E-state index contributed by atoms with van der Waals surface area (Å²) in [6.07, 6.45) is 2.13. The average molecular weight is 373 g/mol. The van der Waals surface area contributed by atoms with E-state index in [0.717, 1.165) is 37.6 Å². The van der Waals surface area contributed by atoms with Crippen LogP contribution < -0.4 is 10.9 Å². The lowest BCUT2D eigenvalue weighted by molar-refractivity contribution is 0.138. The minimum absolute atomic E-state index is 0.0271. The highest BCUT2D eigenvalue weighted by Gasteiger charge is 2.37. The van der Waals surface area contributed by atoms with Gasteiger partial charge in [0.25, 0.3) is 0 Å². The molecule has 0 aliphatic carbocycles. The van der Waals surface area contributed by atoms with Gasteiger partial charge in [-0.2, -0.15) is 0 Å². The van der Waals surface area contributed by atoms with Crippen LogP contribution >= 0.6 is 0 Å². The molecule has 0 saturated carbocycles. The van der Waals surface area contributed by atoms with E-state index in [1.54, 1.807) is 12.1 Å². The second-order valence-corrected chi connectivity index (χ2v) is 7.59. The lowest BCUT2D eigenvalue weighted by Crippen LogP contribution is -2.46. The Bertz CT molecular complexity index is 801. The number of para-hydroxylation sites is 1. The van der Waals surface area contributed by atoms with Gasteiger partial charge in [-0.25, -0.2) is 8.78 Å². The first-order valence-electron chi connectivity index (χ1n) is 9.54. The predicted octanol–water partition coefficient (Wildman–Crippen LogP) is 3.14. The molecule has 3 atom stereocenters. The molecule has 144 valence electrons. The fraction of sp³-hybridized carbons (Fsp3) is 0.429. The number of phenolic OH excluding ortho intramolecular Hbond substituents is 1. The van der Waals surface area contributed by atoms with E-state index in [-0.39, 0.29) is 12.0 Å². The van der Waals surface area contributed by atoms with Crippen LogP contribution in [0.3, 0.4) is 0 Å². The number of rotatable bonds is 4. The smallest absolute Gasteiger partial charge is 0.129 e. The second kappa shape index (κ2) is 7.92. The standard InChI is InChI=1S/C21H25F2N3O/c22-16-7-8-17(19(23)10-16)18-11-24-25-21(18)15-5-3-9-26(13-15)12-14-4-1-2-6-20(14)27/h1-2,4,6-8,10,15,18,21,24-25,27H,3,5,9,11-13H2. The lowest BCUT2D eigenvalue weighted by atomic mass is 9.81. The van der Waals surface area contributed by atoms with Crippen molar-refractivity contribution in [2.24, 2.45) is 5.92 Å². The highest BCUT2D eigenvalue weighted by molar-refractivity contribution is 5.31. The zero-order valence-electron chi connectivity index (χ0n) is 15.2. The highest BCUT2D eigenvalue weighted by Crippen LogP contribution is 2.33. The predicted molar refractivity (Wildman–Crippen MR) is 100 cm³/mol. The summed E-state index contributed by atoms with van der Waals surface area (Å²) in [7, 11) is 0. The normalized spacial score (nSPS) is 26.4. The van der Waals surface area contributed by atoms with Gasteiger partial charge in [0.2, 0.25) is 0 Å². The summed E-state index contributed by atoms with van der Waals surface area (Å²) in [5.41, 5.74) is 7.98. The molecule has 0 amide bonds. The summed E-state index contributed by atoms with van der Waals surface area (Å²) in [6, 6.07) is 11.4. The van der Waals surface area contributed by atoms with Gasteiger partial charge in [0, 0.05) is 43.2 Å². The molecule has 2 saturated heterocycles. The second-order valence-electron chi connectivity index (χ2n) is 7.59. The molecule has 3 unspecified atom stereocenters. The number of hydrogen-bond acceptors (Lipinski definition) is 4. The summed E-state index contributed by atoms with van der Waals surface area (Å²) in [5, 5.41) is 10.0. The number of nitrogens with one attached hydrogen (secondary N) is 2. The third kappa shape index (κ3) is 3.98. The van der Waals surface area contributed by atoms with Gasteiger partial charge in [-0.1, -0.05) is 24.3 Å². The summed E-state index contributed by atoms with van der Waals surface area (Å²) < 4.78 is 27.6. The zero-order chi connectivity index (χ0) is 18.8. The molecular formula is C21H25F2N3O. The highest BCUT2D eigenvalue weighted by atomic mass is 19.1. The van der Waals surface area contributed by atoms with Crippen molar-refractivity contribution in [1.29, 1.82) is 0 Å². The Labute approximate surface area is 158 Å². The fourth-order valence-corrected chi connectivity index (χ4v) is 4.48. The minimum Gasteiger partial charge on any atom is -0.508 e. The fourth-order valence-electron chi connectivity index (χ4n) is 4.48. The van der Waals surface area contributed by atoms with E-state index < -0.39 is 11.6 Å². The molecule has 4 rings (SSSR count). The minimum atomic E-state index is -0.543. The lowest BCUT2D eigenvalue weighted by Gasteiger charge is -2.37. The van der Waals surface area contributed by atoms with Crippen LogP contribution in [0, 0.1) is 17.6 Å². The molecule has 3 N–H and O–H groups in total. The molecule has 0 radical (unpaired) electrons. The summed E-state index contributed by atoms with van der Waals surface area (Å²) in [5.74, 6) is -0.364. The number of piperidine rings is 1. The van der Waals surface area contributed by atoms with Gasteiger partial charge < -0.3 is 5.11 Å². The van der Waals surface area contributed by atoms with Crippen molar-refractivity contribution in [3.8, 4) is 5.75 Å². The van der Waals surface area contributed by atoms with Crippen LogP contribution in [0.4, 0.5) is 8.78 Å². The van der Waals surface area contributed by atoms with E-state index in [2.05, 4.69) is 15.8 Å². The van der Waals surface area contributed by atoms with Crippen LogP contribution in [0.2, 0.25) is 0 Å². The van der Waals surface area contributed by atoms with E-state index in [9.17, 15) is 13.9 Å². The Balaban J connectivity index is 1.48. The Morgan fingerprint density at radius 1 is 1.15 bits per heavy atom. The molecule has 0 bridgehead atoms. The van der Waals surface area contributed by atoms with Crippen molar-refractivity contribution in [2.75, 3.05) is 19.6 Å². The van der Waals surface area contributed by atoms with Crippen molar-refractivity contribution in [3.63, 3.8) is 0 Å². The van der Waals surface area contributed by atoms with Crippen LogP contribution in [0.1, 0.15) is 29.9 Å². The van der Waals surface area contributed by atoms with Gasteiger partial charge in [-0.15, -0.1) is 0 Å². The Morgan fingerprint density at radius 3 is 2.81 bits per heavy atom. The third-order valence-corrected chi connectivity index (χ3v) is 5.82. The summed E-state index contributed by atoms with van der Waals surface area (Å²) in [6.45, 7) is 3.20. The van der Waals surface area contributed by atoms with Crippen molar-refractivity contribution in [3.05, 3.63) is 65.2 Å². The van der Waals surface area contributed by atoms with Crippen LogP contribution in [0.15, 0.2) is 42.5 Å². The van der Waals surface area contributed by atoms with E-state index in [0.29, 0.717) is 30.3 Å². The monoisotopic (exact) mass is 373 g/mol. The van der Waals surface area contributed by atoms with E-state index in [1.165, 1.54) is 6.07 Å². The van der Waals surface area contributed by atoms with Crippen molar-refractivity contribution >= 4 is 0 Å². The molecule has 2 aliphatic rings. The van der Waals surface area contributed by atoms with E-state index in [1.807, 2.05) is 18.2 Å². The van der Waals surface area contributed by atoms with Gasteiger partial charge >= 0.3 is 0 Å². The first kappa shape index (κ1) is 18.3. The SMILES string of the molecule is Oc1ccccc1CN1CCCC(C2NNCC2c2ccc(F)cc2F)C1. The van der Waals surface area contributed by atoms with Gasteiger partial charge in [-0.3, -0.25) is 15.8 Å². The number of halogens is 2. The van der Waals surface area contributed by atoms with E-state index >= 15 is 0 Å². The topological polar surface area (TPSA) is 47.5 Å². The number of phenols is 1. The molecular weight excluding hydrogens is 348 g/mol. The average Bonchev–Trinajstić information content (AvgIpc) is 3.13. The molecule has 6 heteroatoms. The van der Waals surface area contributed by atoms with E-state index in [4.69, 9.17) is 0 Å². The van der Waals surface area contributed by atoms with Crippen LogP contribution in [0.25, 0.3) is 0 Å². The first-order valence-corrected chi connectivity index (χ1v) is 9.54. The summed E-state index contributed by atoms with van der Waals surface area (Å²) >= 11 is 0. The number of nitrogens with zero attached hydrogens (tertiary/aromatic N) is 1. The summed E-state index contributed by atoms with van der Waals surface area (Å²) in [4.78, 5) is 2.35. The number of likely N-dealkylation sites (tertiary alicyclic amines) is 1. The molecule has 0 spiro atoms. The van der Waals surface area contributed by atoms with Crippen molar-refractivity contribution in [2.45, 2.75) is 31.3 Å². The molecule has 2 aromatic carbocycles. The number of hydrogen-bond donors (Lipinski definition) is 3. The molecule has 2 fully saturated rings. The van der Waals surface area contributed by atoms with Crippen molar-refractivity contribution in [1.82, 2.24) is 15.8 Å². The van der Waals surface area contributed by atoms with Crippen LogP contribution in [0.5, 0.6) is 5.75 Å². The quantitative estimate of drug-likeness (QED) is 0.771. The maximum Gasteiger partial charge on any atom is 0.129 e. The Kier molecular flexibility index (Phi) is 5.38. The number of aromatic hydroxyl groups is 1. The first-order chi connectivity index (χ1) is 13.1. The van der Waals surface area contributed by atoms with Gasteiger partial charge in [0.05, 0.1) is 0 Å².